The number of carbonyl (C=O) groups excluding carboxylic acids is 1. The van der Waals surface area contributed by atoms with Gasteiger partial charge in [0.15, 0.2) is 0 Å². The van der Waals surface area contributed by atoms with Gasteiger partial charge in [0.2, 0.25) is 0 Å². The van der Waals surface area contributed by atoms with Crippen LogP contribution in [0.5, 0.6) is 0 Å². The number of non-ortho nitro benzene ring substituents is 1. The molecule has 0 bridgehead atoms. The Labute approximate surface area is 166 Å². The fourth-order valence-corrected chi connectivity index (χ4v) is 2.83. The van der Waals surface area contributed by atoms with Crippen LogP contribution in [0.15, 0.2) is 42.0 Å². The van der Waals surface area contributed by atoms with Crippen molar-refractivity contribution in [2.24, 2.45) is 0 Å². The molecule has 0 atom stereocenters. The maximum absolute atomic E-state index is 12.4. The van der Waals surface area contributed by atoms with Crippen LogP contribution >= 0.6 is 23.2 Å². The van der Waals surface area contributed by atoms with Crippen LogP contribution in [0.2, 0.25) is 10.0 Å². The normalized spacial score (nSPS) is 11.2. The van der Waals surface area contributed by atoms with E-state index in [9.17, 15) is 20.2 Å². The first-order valence-electron chi connectivity index (χ1n) is 7.89. The van der Waals surface area contributed by atoms with Crippen LogP contribution in [0.4, 0.5) is 11.4 Å². The average molecular weight is 404 g/mol. The predicted molar refractivity (Wildman–Crippen MR) is 106 cm³/mol. The molecule has 27 heavy (non-hydrogen) atoms. The summed E-state index contributed by atoms with van der Waals surface area (Å²) in [7, 11) is 0. The summed E-state index contributed by atoms with van der Waals surface area (Å²) in [6, 6.07) is 11.4. The molecule has 138 valence electrons. The lowest BCUT2D eigenvalue weighted by molar-refractivity contribution is -0.384. The van der Waals surface area contributed by atoms with Crippen molar-refractivity contribution >= 4 is 46.6 Å². The minimum absolute atomic E-state index is 0.00485. The first-order chi connectivity index (χ1) is 12.7. The van der Waals surface area contributed by atoms with E-state index in [0.29, 0.717) is 11.5 Å². The van der Waals surface area contributed by atoms with Crippen LogP contribution in [0.3, 0.4) is 0 Å². The molecule has 6 nitrogen and oxygen atoms in total. The maximum Gasteiger partial charge on any atom is 0.272 e. The van der Waals surface area contributed by atoms with Crippen molar-refractivity contribution in [1.82, 2.24) is 0 Å². The number of benzene rings is 2. The topological polar surface area (TPSA) is 96.0 Å². The van der Waals surface area contributed by atoms with Crippen molar-refractivity contribution in [3.63, 3.8) is 0 Å². The number of nitriles is 1. The van der Waals surface area contributed by atoms with E-state index in [4.69, 9.17) is 23.2 Å². The molecule has 0 spiro atoms. The first-order valence-corrected chi connectivity index (χ1v) is 8.65. The van der Waals surface area contributed by atoms with E-state index in [1.165, 1.54) is 6.08 Å². The quantitative estimate of drug-likeness (QED) is 0.305. The van der Waals surface area contributed by atoms with Crippen molar-refractivity contribution in [3.8, 4) is 6.07 Å². The third kappa shape index (κ3) is 5.07. The van der Waals surface area contributed by atoms with Gasteiger partial charge in [-0.05, 0) is 23.1 Å². The molecule has 2 aromatic carbocycles. The summed E-state index contributed by atoms with van der Waals surface area (Å²) in [4.78, 5) is 22.6. The summed E-state index contributed by atoms with van der Waals surface area (Å²) in [6.07, 6.45) is 1.44. The molecule has 8 heteroatoms. The zero-order chi connectivity index (χ0) is 20.1. The number of halogens is 2. The molecular weight excluding hydrogens is 389 g/mol. The van der Waals surface area contributed by atoms with Crippen LogP contribution in [0.25, 0.3) is 6.08 Å². The molecular formula is C19H15Cl2N3O3. The highest BCUT2D eigenvalue weighted by molar-refractivity contribution is 6.40. The van der Waals surface area contributed by atoms with Crippen molar-refractivity contribution in [3.05, 3.63) is 73.3 Å². The van der Waals surface area contributed by atoms with Crippen molar-refractivity contribution < 1.29 is 9.72 Å². The second kappa shape index (κ2) is 8.67. The molecule has 0 saturated heterocycles. The molecule has 0 aliphatic rings. The van der Waals surface area contributed by atoms with Gasteiger partial charge < -0.3 is 5.32 Å². The van der Waals surface area contributed by atoms with Gasteiger partial charge in [0.05, 0.1) is 20.7 Å². The zero-order valence-corrected chi connectivity index (χ0v) is 16.0. The summed E-state index contributed by atoms with van der Waals surface area (Å²) in [6.45, 7) is 4.13. The van der Waals surface area contributed by atoms with Crippen molar-refractivity contribution in [2.45, 2.75) is 19.8 Å². The lowest BCUT2D eigenvalue weighted by Gasteiger charge is -2.09. The average Bonchev–Trinajstić information content (AvgIpc) is 2.62. The standard InChI is InChI=1S/C19H15Cl2N3O3/c1-11(2)13-5-3-12(4-6-13)7-14(10-22)19(25)23-18-16(20)8-15(24(26)27)9-17(18)21/h3-9,11H,1-2H3,(H,23,25)/b14-7+. The second-order valence-corrected chi connectivity index (χ2v) is 6.80. The number of hydrogen-bond acceptors (Lipinski definition) is 4. The maximum atomic E-state index is 12.4. The fourth-order valence-electron chi connectivity index (χ4n) is 2.26. The highest BCUT2D eigenvalue weighted by Gasteiger charge is 2.18. The van der Waals surface area contributed by atoms with Gasteiger partial charge in [0.25, 0.3) is 11.6 Å². The molecule has 0 aromatic heterocycles. The number of carbonyl (C=O) groups is 1. The number of nitro groups is 1. The molecule has 2 aromatic rings. The lowest BCUT2D eigenvalue weighted by atomic mass is 10.0. The summed E-state index contributed by atoms with van der Waals surface area (Å²) in [5, 5.41) is 22.3. The van der Waals surface area contributed by atoms with Gasteiger partial charge in [-0.1, -0.05) is 61.3 Å². The highest BCUT2D eigenvalue weighted by Crippen LogP contribution is 2.35. The number of rotatable bonds is 5. The van der Waals surface area contributed by atoms with Gasteiger partial charge in [0.1, 0.15) is 11.6 Å². The number of anilines is 1. The van der Waals surface area contributed by atoms with E-state index in [2.05, 4.69) is 19.2 Å². The predicted octanol–water partition coefficient (Wildman–Crippen LogP) is 5.57. The molecule has 0 aliphatic carbocycles. The van der Waals surface area contributed by atoms with E-state index in [1.807, 2.05) is 30.3 Å². The van der Waals surface area contributed by atoms with Crippen LogP contribution < -0.4 is 5.32 Å². The number of hydrogen-bond donors (Lipinski definition) is 1. The van der Waals surface area contributed by atoms with E-state index in [0.717, 1.165) is 17.7 Å². The minimum Gasteiger partial charge on any atom is -0.319 e. The molecule has 0 aliphatic heterocycles. The van der Waals surface area contributed by atoms with Crippen LogP contribution in [-0.4, -0.2) is 10.8 Å². The molecule has 1 amide bonds. The second-order valence-electron chi connectivity index (χ2n) is 5.99. The summed E-state index contributed by atoms with van der Waals surface area (Å²) < 4.78 is 0. The highest BCUT2D eigenvalue weighted by atomic mass is 35.5. The molecule has 0 fully saturated rings. The van der Waals surface area contributed by atoms with Crippen LogP contribution in [0.1, 0.15) is 30.9 Å². The van der Waals surface area contributed by atoms with Crippen LogP contribution in [-0.2, 0) is 4.79 Å². The molecule has 0 saturated carbocycles. The van der Waals surface area contributed by atoms with Crippen molar-refractivity contribution in [2.75, 3.05) is 5.32 Å². The van der Waals surface area contributed by atoms with E-state index in [1.54, 1.807) is 0 Å². The Morgan fingerprint density at radius 1 is 1.22 bits per heavy atom. The first kappa shape index (κ1) is 20.4. The summed E-state index contributed by atoms with van der Waals surface area (Å²) in [5.74, 6) is -0.351. The fraction of sp³-hybridized carbons (Fsp3) is 0.158. The van der Waals surface area contributed by atoms with Gasteiger partial charge in [-0.3, -0.25) is 14.9 Å². The Hall–Kier alpha value is -2.88. The van der Waals surface area contributed by atoms with Gasteiger partial charge in [-0.15, -0.1) is 0 Å². The SMILES string of the molecule is CC(C)c1ccc(/C=C(\C#N)C(=O)Nc2c(Cl)cc([N+](=O)[O-])cc2Cl)cc1. The Kier molecular flexibility index (Phi) is 6.56. The van der Waals surface area contributed by atoms with E-state index in [-0.39, 0.29) is 27.0 Å². The lowest BCUT2D eigenvalue weighted by Crippen LogP contribution is -2.14. The van der Waals surface area contributed by atoms with E-state index >= 15 is 0 Å². The smallest absolute Gasteiger partial charge is 0.272 e. The molecule has 2 rings (SSSR count). The van der Waals surface area contributed by atoms with Gasteiger partial charge >= 0.3 is 0 Å². The number of amides is 1. The minimum atomic E-state index is -0.719. The van der Waals surface area contributed by atoms with Crippen molar-refractivity contribution in [1.29, 1.82) is 5.26 Å². The zero-order valence-electron chi connectivity index (χ0n) is 14.5. The third-order valence-corrected chi connectivity index (χ3v) is 4.35. The Morgan fingerprint density at radius 2 is 1.78 bits per heavy atom. The van der Waals surface area contributed by atoms with E-state index < -0.39 is 10.8 Å². The number of nitrogens with one attached hydrogen (secondary N) is 1. The molecule has 0 heterocycles. The Bertz CT molecular complexity index is 938. The number of nitro benzene ring substituents is 1. The van der Waals surface area contributed by atoms with Gasteiger partial charge in [0, 0.05) is 12.1 Å². The van der Waals surface area contributed by atoms with Gasteiger partial charge in [-0.25, -0.2) is 0 Å². The summed E-state index contributed by atoms with van der Waals surface area (Å²) >= 11 is 11.9. The Balaban J connectivity index is 2.28. The molecule has 0 unspecified atom stereocenters. The largest absolute Gasteiger partial charge is 0.319 e. The molecule has 1 N–H and O–H groups in total. The summed E-state index contributed by atoms with van der Waals surface area (Å²) in [5.41, 5.74) is 1.37. The number of nitrogens with zero attached hydrogens (tertiary/aromatic N) is 2. The third-order valence-electron chi connectivity index (χ3n) is 3.76. The Morgan fingerprint density at radius 3 is 2.22 bits per heavy atom. The monoisotopic (exact) mass is 403 g/mol. The van der Waals surface area contributed by atoms with Gasteiger partial charge in [-0.2, -0.15) is 5.26 Å². The van der Waals surface area contributed by atoms with Crippen LogP contribution in [0, 0.1) is 21.4 Å². The molecule has 0 radical (unpaired) electrons.